The highest BCUT2D eigenvalue weighted by molar-refractivity contribution is 6.27. The lowest BCUT2D eigenvalue weighted by atomic mass is 10.2. The molecular formula is C10H10ClN5O2. The molecule has 0 aromatic carbocycles. The molecule has 2 N–H and O–H groups in total. The Hall–Kier alpha value is -2.15. The first-order chi connectivity index (χ1) is 8.69. The molecule has 0 fully saturated rings. The van der Waals surface area contributed by atoms with E-state index < -0.39 is 0 Å². The van der Waals surface area contributed by atoms with Crippen molar-refractivity contribution in [3.05, 3.63) is 24.2 Å². The second kappa shape index (κ2) is 5.46. The van der Waals surface area contributed by atoms with Crippen LogP contribution in [0.2, 0.25) is 0 Å². The summed E-state index contributed by atoms with van der Waals surface area (Å²) in [6, 6.07) is 3.39. The number of aromatic nitrogens is 3. The molecule has 1 amide bonds. The van der Waals surface area contributed by atoms with Crippen LogP contribution in [0.15, 0.2) is 22.9 Å². The summed E-state index contributed by atoms with van der Waals surface area (Å²) in [5.74, 6) is 0.905. The van der Waals surface area contributed by atoms with Gasteiger partial charge >= 0.3 is 0 Å². The summed E-state index contributed by atoms with van der Waals surface area (Å²) < 4.78 is 5.03. The maximum Gasteiger partial charge on any atom is 0.258 e. The maximum atomic E-state index is 11.0. The van der Waals surface area contributed by atoms with Crippen molar-refractivity contribution >= 4 is 23.3 Å². The number of halogens is 1. The van der Waals surface area contributed by atoms with Gasteiger partial charge in [-0.1, -0.05) is 5.16 Å². The molecule has 0 bridgehead atoms. The number of pyridine rings is 1. The van der Waals surface area contributed by atoms with Crippen molar-refractivity contribution in [3.8, 4) is 11.5 Å². The molecule has 18 heavy (non-hydrogen) atoms. The average molecular weight is 268 g/mol. The molecule has 0 saturated heterocycles. The van der Waals surface area contributed by atoms with Crippen LogP contribution >= 0.6 is 11.6 Å². The molecule has 0 radical (unpaired) electrons. The van der Waals surface area contributed by atoms with E-state index in [0.717, 1.165) is 0 Å². The smallest absolute Gasteiger partial charge is 0.258 e. The first-order valence-electron chi connectivity index (χ1n) is 5.06. The molecule has 8 heteroatoms. The van der Waals surface area contributed by atoms with Crippen molar-refractivity contribution in [2.24, 2.45) is 0 Å². The van der Waals surface area contributed by atoms with Crippen molar-refractivity contribution in [2.75, 3.05) is 11.3 Å². The standard InChI is InChI=1S/C10H10ClN5O2/c1-6-13-10(18-16-6)7-2-3-12-8(4-7)14-15-9(17)5-11/h2-4H,5H2,1H3,(H,12,14)(H,15,17). The van der Waals surface area contributed by atoms with E-state index in [1.807, 2.05) is 0 Å². The van der Waals surface area contributed by atoms with Gasteiger partial charge in [-0.15, -0.1) is 11.6 Å². The Morgan fingerprint density at radius 3 is 3.06 bits per heavy atom. The monoisotopic (exact) mass is 267 g/mol. The molecule has 2 aromatic rings. The van der Waals surface area contributed by atoms with Crippen LogP contribution in [0.3, 0.4) is 0 Å². The Balaban J connectivity index is 2.12. The van der Waals surface area contributed by atoms with Crippen LogP contribution in [0.4, 0.5) is 5.82 Å². The number of hydrogen-bond donors (Lipinski definition) is 2. The topological polar surface area (TPSA) is 92.9 Å². The van der Waals surface area contributed by atoms with Gasteiger partial charge in [-0.25, -0.2) is 4.98 Å². The fourth-order valence-corrected chi connectivity index (χ4v) is 1.28. The minimum atomic E-state index is -0.350. The van der Waals surface area contributed by atoms with E-state index in [0.29, 0.717) is 23.1 Å². The molecule has 0 aliphatic carbocycles. The van der Waals surface area contributed by atoms with Crippen LogP contribution < -0.4 is 10.9 Å². The largest absolute Gasteiger partial charge is 0.334 e. The third-order valence-corrected chi connectivity index (χ3v) is 2.23. The number of nitrogens with one attached hydrogen (secondary N) is 2. The maximum absolute atomic E-state index is 11.0. The van der Waals surface area contributed by atoms with Crippen LogP contribution in [0, 0.1) is 6.92 Å². The second-order valence-electron chi connectivity index (χ2n) is 3.38. The number of amides is 1. The summed E-state index contributed by atoms with van der Waals surface area (Å²) in [7, 11) is 0. The van der Waals surface area contributed by atoms with Crippen molar-refractivity contribution in [2.45, 2.75) is 6.92 Å². The number of hydrazine groups is 1. The lowest BCUT2D eigenvalue weighted by Crippen LogP contribution is -2.30. The fraction of sp³-hybridized carbons (Fsp3) is 0.200. The molecular weight excluding hydrogens is 258 g/mol. The highest BCUT2D eigenvalue weighted by atomic mass is 35.5. The molecule has 0 aliphatic heterocycles. The molecule has 2 heterocycles. The fourth-order valence-electron chi connectivity index (χ4n) is 1.21. The first kappa shape index (κ1) is 12.3. The Kier molecular flexibility index (Phi) is 3.73. The number of alkyl halides is 1. The Morgan fingerprint density at radius 2 is 2.39 bits per heavy atom. The Morgan fingerprint density at radius 1 is 1.56 bits per heavy atom. The molecule has 2 aromatic heterocycles. The van der Waals surface area contributed by atoms with E-state index in [2.05, 4.69) is 26.0 Å². The van der Waals surface area contributed by atoms with E-state index in [1.54, 1.807) is 25.3 Å². The van der Waals surface area contributed by atoms with Gasteiger partial charge in [0.05, 0.1) is 0 Å². The SMILES string of the molecule is Cc1noc(-c2ccnc(NNC(=O)CCl)c2)n1. The number of hydrogen-bond acceptors (Lipinski definition) is 6. The quantitative estimate of drug-likeness (QED) is 0.637. The predicted octanol–water partition coefficient (Wildman–Crippen LogP) is 1.12. The third-order valence-electron chi connectivity index (χ3n) is 1.99. The summed E-state index contributed by atoms with van der Waals surface area (Å²) >= 11 is 5.34. The summed E-state index contributed by atoms with van der Waals surface area (Å²) in [5.41, 5.74) is 5.71. The van der Waals surface area contributed by atoms with Crippen LogP contribution in [0.25, 0.3) is 11.5 Å². The zero-order valence-electron chi connectivity index (χ0n) is 9.48. The van der Waals surface area contributed by atoms with Gasteiger partial charge in [-0.05, 0) is 19.1 Å². The van der Waals surface area contributed by atoms with Gasteiger partial charge in [0.2, 0.25) is 0 Å². The predicted molar refractivity (Wildman–Crippen MR) is 64.8 cm³/mol. The van der Waals surface area contributed by atoms with E-state index in [1.165, 1.54) is 0 Å². The number of carbonyl (C=O) groups excluding carboxylic acids is 1. The van der Waals surface area contributed by atoms with Gasteiger partial charge in [-0.2, -0.15) is 4.98 Å². The van der Waals surface area contributed by atoms with E-state index in [-0.39, 0.29) is 11.8 Å². The molecule has 2 rings (SSSR count). The third kappa shape index (κ3) is 2.95. The summed E-state index contributed by atoms with van der Waals surface area (Å²) in [6.07, 6.45) is 1.56. The van der Waals surface area contributed by atoms with Crippen LogP contribution in [-0.2, 0) is 4.79 Å². The zero-order valence-corrected chi connectivity index (χ0v) is 10.2. The van der Waals surface area contributed by atoms with Crippen molar-refractivity contribution in [1.82, 2.24) is 20.6 Å². The van der Waals surface area contributed by atoms with Crippen molar-refractivity contribution in [3.63, 3.8) is 0 Å². The number of rotatable bonds is 4. The van der Waals surface area contributed by atoms with Gasteiger partial charge in [0, 0.05) is 11.8 Å². The molecule has 0 atom stereocenters. The average Bonchev–Trinajstić information content (AvgIpc) is 2.83. The first-order valence-corrected chi connectivity index (χ1v) is 5.60. The van der Waals surface area contributed by atoms with E-state index >= 15 is 0 Å². The Labute approximate surface area is 108 Å². The van der Waals surface area contributed by atoms with Gasteiger partial charge in [0.1, 0.15) is 11.7 Å². The zero-order chi connectivity index (χ0) is 13.0. The number of nitrogens with zero attached hydrogens (tertiary/aromatic N) is 3. The highest BCUT2D eigenvalue weighted by Crippen LogP contribution is 2.18. The number of carbonyl (C=O) groups is 1. The normalized spacial score (nSPS) is 10.1. The molecule has 0 saturated carbocycles. The molecule has 0 spiro atoms. The lowest BCUT2D eigenvalue weighted by Gasteiger charge is -2.06. The summed E-state index contributed by atoms with van der Waals surface area (Å²) in [4.78, 5) is 19.1. The van der Waals surface area contributed by atoms with Crippen molar-refractivity contribution < 1.29 is 9.32 Å². The van der Waals surface area contributed by atoms with Crippen LogP contribution in [0.5, 0.6) is 0 Å². The number of anilines is 1. The van der Waals surface area contributed by atoms with Crippen LogP contribution in [-0.4, -0.2) is 26.9 Å². The highest BCUT2D eigenvalue weighted by Gasteiger charge is 2.07. The molecule has 94 valence electrons. The van der Waals surface area contributed by atoms with Gasteiger partial charge in [0.25, 0.3) is 11.8 Å². The molecule has 7 nitrogen and oxygen atoms in total. The van der Waals surface area contributed by atoms with Gasteiger partial charge < -0.3 is 4.52 Å². The molecule has 0 unspecified atom stereocenters. The van der Waals surface area contributed by atoms with Crippen molar-refractivity contribution in [1.29, 1.82) is 0 Å². The summed E-state index contributed by atoms with van der Waals surface area (Å²) in [6.45, 7) is 1.73. The Bertz CT molecular complexity index is 557. The van der Waals surface area contributed by atoms with E-state index in [9.17, 15) is 4.79 Å². The second-order valence-corrected chi connectivity index (χ2v) is 3.65. The summed E-state index contributed by atoms with van der Waals surface area (Å²) in [5, 5.41) is 3.70. The van der Waals surface area contributed by atoms with Gasteiger partial charge in [0.15, 0.2) is 5.82 Å². The van der Waals surface area contributed by atoms with Gasteiger partial charge in [-0.3, -0.25) is 15.6 Å². The minimum absolute atomic E-state index is 0.129. The minimum Gasteiger partial charge on any atom is -0.334 e. The van der Waals surface area contributed by atoms with Crippen LogP contribution in [0.1, 0.15) is 5.82 Å². The van der Waals surface area contributed by atoms with E-state index in [4.69, 9.17) is 16.1 Å². The number of aryl methyl sites for hydroxylation is 1. The molecule has 0 aliphatic rings. The lowest BCUT2D eigenvalue weighted by molar-refractivity contribution is -0.118.